The minimum absolute atomic E-state index is 0.0335. The molecule has 2 rings (SSSR count). The standard InChI is InChI=1S/C15H23N3O/c1-15(2)11-19-9-8-18(15)13(10-14(16)17)12-6-4-3-5-7-12/h3-7,13H,8-11H2,1-2H3,(H3,16,17). The minimum atomic E-state index is -0.0335. The Morgan fingerprint density at radius 1 is 1.42 bits per heavy atom. The molecule has 1 aliphatic heterocycles. The zero-order valence-corrected chi connectivity index (χ0v) is 11.7. The first-order valence-corrected chi connectivity index (χ1v) is 6.73. The third-order valence-electron chi connectivity index (χ3n) is 3.68. The number of ether oxygens (including phenoxy) is 1. The Morgan fingerprint density at radius 3 is 2.68 bits per heavy atom. The largest absolute Gasteiger partial charge is 0.388 e. The smallest absolute Gasteiger partial charge is 0.0924 e. The van der Waals surface area contributed by atoms with E-state index in [9.17, 15) is 0 Å². The van der Waals surface area contributed by atoms with E-state index < -0.39 is 0 Å². The van der Waals surface area contributed by atoms with Gasteiger partial charge in [0.25, 0.3) is 0 Å². The molecule has 1 unspecified atom stereocenters. The van der Waals surface area contributed by atoms with Crippen molar-refractivity contribution in [1.82, 2.24) is 4.90 Å². The molecular weight excluding hydrogens is 238 g/mol. The fourth-order valence-corrected chi connectivity index (χ4v) is 2.74. The predicted molar refractivity (Wildman–Crippen MR) is 77.3 cm³/mol. The monoisotopic (exact) mass is 261 g/mol. The molecule has 1 saturated heterocycles. The van der Waals surface area contributed by atoms with Crippen LogP contribution < -0.4 is 5.73 Å². The summed E-state index contributed by atoms with van der Waals surface area (Å²) in [5, 5.41) is 7.64. The summed E-state index contributed by atoms with van der Waals surface area (Å²) in [4.78, 5) is 2.41. The molecule has 0 radical (unpaired) electrons. The average Bonchev–Trinajstić information content (AvgIpc) is 2.37. The third kappa shape index (κ3) is 3.33. The molecule has 1 aliphatic rings. The number of benzene rings is 1. The fraction of sp³-hybridized carbons (Fsp3) is 0.533. The van der Waals surface area contributed by atoms with E-state index in [0.717, 1.165) is 13.2 Å². The number of morpholine rings is 1. The summed E-state index contributed by atoms with van der Waals surface area (Å²) in [6.07, 6.45) is 0.563. The number of hydrogen-bond donors (Lipinski definition) is 2. The zero-order valence-electron chi connectivity index (χ0n) is 11.7. The number of nitrogens with zero attached hydrogens (tertiary/aromatic N) is 1. The van der Waals surface area contributed by atoms with Crippen LogP contribution in [0.2, 0.25) is 0 Å². The molecule has 0 aliphatic carbocycles. The quantitative estimate of drug-likeness (QED) is 0.645. The molecule has 3 N–H and O–H groups in total. The summed E-state index contributed by atoms with van der Waals surface area (Å²) >= 11 is 0. The van der Waals surface area contributed by atoms with Crippen LogP contribution in [0.25, 0.3) is 0 Å². The molecule has 19 heavy (non-hydrogen) atoms. The number of amidine groups is 1. The summed E-state index contributed by atoms with van der Waals surface area (Å²) < 4.78 is 5.58. The lowest BCUT2D eigenvalue weighted by Crippen LogP contribution is -2.54. The Hall–Kier alpha value is -1.39. The highest BCUT2D eigenvalue weighted by molar-refractivity contribution is 5.77. The SMILES string of the molecule is CC1(C)COCCN1C(CC(=N)N)c1ccccc1. The van der Waals surface area contributed by atoms with Crippen molar-refractivity contribution in [2.45, 2.75) is 31.8 Å². The topological polar surface area (TPSA) is 62.3 Å². The second kappa shape index (κ2) is 5.72. The van der Waals surface area contributed by atoms with Gasteiger partial charge >= 0.3 is 0 Å². The number of hydrogen-bond acceptors (Lipinski definition) is 3. The molecule has 0 saturated carbocycles. The van der Waals surface area contributed by atoms with Gasteiger partial charge in [0.2, 0.25) is 0 Å². The molecular formula is C15H23N3O. The second-order valence-corrected chi connectivity index (χ2v) is 5.71. The predicted octanol–water partition coefficient (Wildman–Crippen LogP) is 2.16. The number of rotatable bonds is 4. The van der Waals surface area contributed by atoms with Crippen molar-refractivity contribution in [3.8, 4) is 0 Å². The number of nitrogens with two attached hydrogens (primary N) is 1. The first kappa shape index (κ1) is 14.0. The van der Waals surface area contributed by atoms with Gasteiger partial charge in [-0.1, -0.05) is 30.3 Å². The van der Waals surface area contributed by atoms with Gasteiger partial charge in [-0.05, 0) is 19.4 Å². The van der Waals surface area contributed by atoms with Crippen molar-refractivity contribution < 1.29 is 4.74 Å². The van der Waals surface area contributed by atoms with Crippen molar-refractivity contribution in [3.05, 3.63) is 35.9 Å². The Labute approximate surface area is 115 Å². The Morgan fingerprint density at radius 2 is 2.11 bits per heavy atom. The van der Waals surface area contributed by atoms with Crippen molar-refractivity contribution in [1.29, 1.82) is 5.41 Å². The third-order valence-corrected chi connectivity index (χ3v) is 3.68. The lowest BCUT2D eigenvalue weighted by atomic mass is 9.93. The highest BCUT2D eigenvalue weighted by Gasteiger charge is 2.36. The Kier molecular flexibility index (Phi) is 4.22. The molecule has 0 spiro atoms. The molecule has 1 aromatic carbocycles. The lowest BCUT2D eigenvalue weighted by Gasteiger charge is -2.46. The first-order chi connectivity index (χ1) is 9.00. The van der Waals surface area contributed by atoms with E-state index in [1.807, 2.05) is 18.2 Å². The molecule has 0 bridgehead atoms. The highest BCUT2D eigenvalue weighted by atomic mass is 16.5. The van der Waals surface area contributed by atoms with Gasteiger partial charge in [0, 0.05) is 24.5 Å². The Bertz CT molecular complexity index is 430. The van der Waals surface area contributed by atoms with Crippen LogP contribution in [0.15, 0.2) is 30.3 Å². The molecule has 0 aromatic heterocycles. The second-order valence-electron chi connectivity index (χ2n) is 5.71. The first-order valence-electron chi connectivity index (χ1n) is 6.73. The van der Waals surface area contributed by atoms with Crippen molar-refractivity contribution in [2.75, 3.05) is 19.8 Å². The molecule has 1 aromatic rings. The van der Waals surface area contributed by atoms with Crippen LogP contribution in [-0.2, 0) is 4.74 Å². The van der Waals surface area contributed by atoms with Crippen molar-refractivity contribution in [3.63, 3.8) is 0 Å². The van der Waals surface area contributed by atoms with E-state index in [1.54, 1.807) is 0 Å². The molecule has 4 nitrogen and oxygen atoms in total. The molecule has 1 atom stereocenters. The minimum Gasteiger partial charge on any atom is -0.388 e. The summed E-state index contributed by atoms with van der Waals surface area (Å²) in [6, 6.07) is 10.5. The van der Waals surface area contributed by atoms with Crippen LogP contribution >= 0.6 is 0 Å². The maximum atomic E-state index is 7.64. The van der Waals surface area contributed by atoms with Gasteiger partial charge in [0.15, 0.2) is 0 Å². The molecule has 0 amide bonds. The van der Waals surface area contributed by atoms with E-state index in [4.69, 9.17) is 15.9 Å². The lowest BCUT2D eigenvalue weighted by molar-refractivity contribution is -0.0717. The highest BCUT2D eigenvalue weighted by Crippen LogP contribution is 2.32. The van der Waals surface area contributed by atoms with Gasteiger partial charge in [0.1, 0.15) is 0 Å². The van der Waals surface area contributed by atoms with Crippen LogP contribution in [-0.4, -0.2) is 36.0 Å². The normalized spacial score (nSPS) is 20.9. The van der Waals surface area contributed by atoms with Crippen LogP contribution in [0.5, 0.6) is 0 Å². The van der Waals surface area contributed by atoms with Crippen molar-refractivity contribution >= 4 is 5.84 Å². The average molecular weight is 261 g/mol. The van der Waals surface area contributed by atoms with Gasteiger partial charge in [-0.25, -0.2) is 0 Å². The Balaban J connectivity index is 2.29. The van der Waals surface area contributed by atoms with E-state index in [0.29, 0.717) is 13.0 Å². The van der Waals surface area contributed by atoms with Crippen LogP contribution in [0.4, 0.5) is 0 Å². The summed E-state index contributed by atoms with van der Waals surface area (Å²) in [7, 11) is 0. The molecule has 4 heteroatoms. The summed E-state index contributed by atoms with van der Waals surface area (Å²) in [5.74, 6) is 0.233. The maximum Gasteiger partial charge on any atom is 0.0924 e. The van der Waals surface area contributed by atoms with Crippen LogP contribution in [0.1, 0.15) is 31.9 Å². The van der Waals surface area contributed by atoms with Crippen LogP contribution in [0.3, 0.4) is 0 Å². The van der Waals surface area contributed by atoms with Crippen molar-refractivity contribution in [2.24, 2.45) is 5.73 Å². The molecule has 1 fully saturated rings. The van der Waals surface area contributed by atoms with E-state index in [-0.39, 0.29) is 17.4 Å². The van der Waals surface area contributed by atoms with Crippen LogP contribution in [0, 0.1) is 5.41 Å². The van der Waals surface area contributed by atoms with Gasteiger partial charge < -0.3 is 10.5 Å². The van der Waals surface area contributed by atoms with E-state index >= 15 is 0 Å². The van der Waals surface area contributed by atoms with Gasteiger partial charge in [-0.15, -0.1) is 0 Å². The van der Waals surface area contributed by atoms with E-state index in [2.05, 4.69) is 30.9 Å². The fourth-order valence-electron chi connectivity index (χ4n) is 2.74. The van der Waals surface area contributed by atoms with Gasteiger partial charge in [0.05, 0.1) is 19.0 Å². The van der Waals surface area contributed by atoms with Gasteiger partial charge in [-0.2, -0.15) is 0 Å². The molecule has 1 heterocycles. The maximum absolute atomic E-state index is 7.64. The summed E-state index contributed by atoms with van der Waals surface area (Å²) in [6.45, 7) is 6.70. The van der Waals surface area contributed by atoms with E-state index in [1.165, 1.54) is 5.56 Å². The summed E-state index contributed by atoms with van der Waals surface area (Å²) in [5.41, 5.74) is 6.83. The zero-order chi connectivity index (χ0) is 13.9. The number of nitrogens with one attached hydrogen (secondary N) is 1. The van der Waals surface area contributed by atoms with Gasteiger partial charge in [-0.3, -0.25) is 10.3 Å². The molecule has 104 valence electrons.